The number of benzene rings is 1. The molecule has 18 heavy (non-hydrogen) atoms. The van der Waals surface area contributed by atoms with Crippen LogP contribution in [0.2, 0.25) is 0 Å². The summed E-state index contributed by atoms with van der Waals surface area (Å²) in [6, 6.07) is 4.46. The van der Waals surface area contributed by atoms with E-state index in [1.165, 1.54) is 18.2 Å². The predicted octanol–water partition coefficient (Wildman–Crippen LogP) is -0.168. The molecular formula is C11H10N2O5. The van der Waals surface area contributed by atoms with Gasteiger partial charge in [-0.2, -0.15) is 0 Å². The quantitative estimate of drug-likeness (QED) is 0.691. The van der Waals surface area contributed by atoms with Crippen LogP contribution in [0.25, 0.3) is 0 Å². The first-order valence-electron chi connectivity index (χ1n) is 5.13. The van der Waals surface area contributed by atoms with Gasteiger partial charge in [-0.15, -0.1) is 0 Å². The normalized spacial score (nSPS) is 13.0. The van der Waals surface area contributed by atoms with E-state index >= 15 is 0 Å². The van der Waals surface area contributed by atoms with Crippen LogP contribution in [-0.2, 0) is 9.59 Å². The van der Waals surface area contributed by atoms with Crippen LogP contribution < -0.4 is 15.4 Å². The molecule has 0 atom stereocenters. The van der Waals surface area contributed by atoms with Crippen LogP contribution in [0.3, 0.4) is 0 Å². The third-order valence-corrected chi connectivity index (χ3v) is 2.28. The number of rotatable bonds is 3. The van der Waals surface area contributed by atoms with Crippen molar-refractivity contribution in [2.45, 2.75) is 0 Å². The first kappa shape index (κ1) is 11.9. The first-order valence-corrected chi connectivity index (χ1v) is 5.13. The zero-order valence-corrected chi connectivity index (χ0v) is 9.23. The molecule has 0 saturated carbocycles. The van der Waals surface area contributed by atoms with Crippen molar-refractivity contribution in [3.63, 3.8) is 0 Å². The summed E-state index contributed by atoms with van der Waals surface area (Å²) >= 11 is 0. The molecule has 0 unspecified atom stereocenters. The van der Waals surface area contributed by atoms with E-state index in [-0.39, 0.29) is 18.1 Å². The van der Waals surface area contributed by atoms with Crippen LogP contribution in [0.4, 0.5) is 5.69 Å². The maximum Gasteiger partial charge on any atom is 0.322 e. The van der Waals surface area contributed by atoms with Gasteiger partial charge in [0.1, 0.15) is 12.3 Å². The van der Waals surface area contributed by atoms with E-state index in [4.69, 9.17) is 9.84 Å². The zero-order valence-electron chi connectivity index (χ0n) is 9.23. The van der Waals surface area contributed by atoms with Gasteiger partial charge in [-0.3, -0.25) is 14.4 Å². The van der Waals surface area contributed by atoms with Crippen molar-refractivity contribution in [2.24, 2.45) is 0 Å². The third kappa shape index (κ3) is 2.57. The lowest BCUT2D eigenvalue weighted by atomic mass is 10.1. The Labute approximate surface area is 102 Å². The molecule has 94 valence electrons. The van der Waals surface area contributed by atoms with Gasteiger partial charge in [-0.1, -0.05) is 0 Å². The Morgan fingerprint density at radius 1 is 1.44 bits per heavy atom. The molecule has 1 aliphatic rings. The molecule has 0 saturated heterocycles. The molecule has 2 amide bonds. The van der Waals surface area contributed by atoms with Gasteiger partial charge in [0.2, 0.25) is 0 Å². The number of carbonyl (C=O) groups excluding carboxylic acids is 2. The number of ether oxygens (including phenoxy) is 1. The minimum atomic E-state index is -1.12. The SMILES string of the molecule is O=C(O)CNC(=O)c1ccc2c(c1)OCC(=O)N2. The minimum absolute atomic E-state index is 0.104. The molecule has 7 nitrogen and oxygen atoms in total. The van der Waals surface area contributed by atoms with E-state index in [0.29, 0.717) is 11.4 Å². The maximum atomic E-state index is 11.6. The number of nitrogens with one attached hydrogen (secondary N) is 2. The summed E-state index contributed by atoms with van der Waals surface area (Å²) in [6.07, 6.45) is 0. The first-order chi connectivity index (χ1) is 8.56. The van der Waals surface area contributed by atoms with Crippen LogP contribution in [-0.4, -0.2) is 36.0 Å². The van der Waals surface area contributed by atoms with E-state index in [2.05, 4.69) is 10.6 Å². The van der Waals surface area contributed by atoms with E-state index in [1.54, 1.807) is 0 Å². The van der Waals surface area contributed by atoms with Crippen LogP contribution in [0.1, 0.15) is 10.4 Å². The summed E-state index contributed by atoms with van der Waals surface area (Å²) in [5.74, 6) is -1.51. The lowest BCUT2D eigenvalue weighted by Gasteiger charge is -2.18. The van der Waals surface area contributed by atoms with Gasteiger partial charge < -0.3 is 20.5 Å². The number of carboxylic acids is 1. The molecule has 1 aromatic carbocycles. The van der Waals surface area contributed by atoms with E-state index in [1.807, 2.05) is 0 Å². The Kier molecular flexibility index (Phi) is 3.13. The van der Waals surface area contributed by atoms with Gasteiger partial charge >= 0.3 is 5.97 Å². The zero-order chi connectivity index (χ0) is 13.1. The summed E-state index contributed by atoms with van der Waals surface area (Å²) in [7, 11) is 0. The number of carbonyl (C=O) groups is 3. The molecule has 0 aromatic heterocycles. The highest BCUT2D eigenvalue weighted by atomic mass is 16.5. The Bertz CT molecular complexity index is 526. The Morgan fingerprint density at radius 3 is 2.94 bits per heavy atom. The maximum absolute atomic E-state index is 11.6. The van der Waals surface area contributed by atoms with Gasteiger partial charge in [0.25, 0.3) is 11.8 Å². The molecular weight excluding hydrogens is 240 g/mol. The minimum Gasteiger partial charge on any atom is -0.482 e. The Balaban J connectivity index is 2.13. The molecule has 0 aliphatic carbocycles. The summed E-state index contributed by atoms with van der Waals surface area (Å²) in [6.45, 7) is -0.555. The molecule has 3 N–H and O–H groups in total. The number of hydrogen-bond donors (Lipinski definition) is 3. The number of anilines is 1. The molecule has 1 heterocycles. The van der Waals surface area contributed by atoms with Crippen molar-refractivity contribution in [1.82, 2.24) is 5.32 Å². The van der Waals surface area contributed by atoms with Crippen LogP contribution in [0.15, 0.2) is 18.2 Å². The van der Waals surface area contributed by atoms with Crippen LogP contribution in [0, 0.1) is 0 Å². The van der Waals surface area contributed by atoms with Gasteiger partial charge in [0, 0.05) is 5.56 Å². The second-order valence-corrected chi connectivity index (χ2v) is 3.62. The van der Waals surface area contributed by atoms with Crippen molar-refractivity contribution in [3.05, 3.63) is 23.8 Å². The third-order valence-electron chi connectivity index (χ3n) is 2.28. The highest BCUT2D eigenvalue weighted by Gasteiger charge is 2.17. The molecule has 0 spiro atoms. The van der Waals surface area contributed by atoms with Gasteiger partial charge in [0.05, 0.1) is 5.69 Å². The molecule has 1 aliphatic heterocycles. The average molecular weight is 250 g/mol. The largest absolute Gasteiger partial charge is 0.482 e. The number of amides is 2. The fraction of sp³-hybridized carbons (Fsp3) is 0.182. The highest BCUT2D eigenvalue weighted by molar-refractivity contribution is 5.99. The molecule has 1 aromatic rings. The summed E-state index contributed by atoms with van der Waals surface area (Å²) in [5, 5.41) is 13.3. The van der Waals surface area contributed by atoms with Crippen molar-refractivity contribution >= 4 is 23.5 Å². The Hall–Kier alpha value is -2.57. The number of carboxylic acid groups (broad SMARTS) is 1. The average Bonchev–Trinajstić information content (AvgIpc) is 2.35. The molecule has 0 radical (unpaired) electrons. The summed E-state index contributed by atoms with van der Waals surface area (Å²) < 4.78 is 5.14. The topological polar surface area (TPSA) is 105 Å². The summed E-state index contributed by atoms with van der Waals surface area (Å²) in [4.78, 5) is 32.9. The molecule has 0 bridgehead atoms. The second kappa shape index (κ2) is 4.74. The van der Waals surface area contributed by atoms with Crippen molar-refractivity contribution in [3.8, 4) is 5.75 Å². The Morgan fingerprint density at radius 2 is 2.22 bits per heavy atom. The lowest BCUT2D eigenvalue weighted by molar-refractivity contribution is -0.135. The van der Waals surface area contributed by atoms with E-state index in [0.717, 1.165) is 0 Å². The molecule has 2 rings (SSSR count). The molecule has 0 fully saturated rings. The summed E-state index contributed by atoms with van der Waals surface area (Å²) in [5.41, 5.74) is 0.757. The van der Waals surface area contributed by atoms with Crippen LogP contribution in [0.5, 0.6) is 5.75 Å². The van der Waals surface area contributed by atoms with E-state index < -0.39 is 18.4 Å². The van der Waals surface area contributed by atoms with E-state index in [9.17, 15) is 14.4 Å². The van der Waals surface area contributed by atoms with Gasteiger partial charge in [-0.05, 0) is 18.2 Å². The highest BCUT2D eigenvalue weighted by Crippen LogP contribution is 2.28. The second-order valence-electron chi connectivity index (χ2n) is 3.62. The van der Waals surface area contributed by atoms with Crippen molar-refractivity contribution in [2.75, 3.05) is 18.5 Å². The van der Waals surface area contributed by atoms with Crippen molar-refractivity contribution < 1.29 is 24.2 Å². The predicted molar refractivity (Wildman–Crippen MR) is 60.5 cm³/mol. The van der Waals surface area contributed by atoms with Crippen LogP contribution >= 0.6 is 0 Å². The standard InChI is InChI=1S/C11H10N2O5/c14-9-5-18-8-3-6(1-2-7(8)13-9)11(17)12-4-10(15)16/h1-3H,4-5H2,(H,12,17)(H,13,14)(H,15,16). The fourth-order valence-corrected chi connectivity index (χ4v) is 1.47. The van der Waals surface area contributed by atoms with Gasteiger partial charge in [-0.25, -0.2) is 0 Å². The molecule has 7 heteroatoms. The smallest absolute Gasteiger partial charge is 0.322 e. The monoisotopic (exact) mass is 250 g/mol. The van der Waals surface area contributed by atoms with Crippen molar-refractivity contribution in [1.29, 1.82) is 0 Å². The lowest BCUT2D eigenvalue weighted by Crippen LogP contribution is -2.30. The number of fused-ring (bicyclic) bond motifs is 1. The fourth-order valence-electron chi connectivity index (χ4n) is 1.47. The van der Waals surface area contributed by atoms with Gasteiger partial charge in [0.15, 0.2) is 6.61 Å². The number of hydrogen-bond acceptors (Lipinski definition) is 4. The number of aliphatic carboxylic acids is 1.